The number of aryl methyl sites for hydroxylation is 1. The van der Waals surface area contributed by atoms with Gasteiger partial charge in [0.25, 0.3) is 0 Å². The van der Waals surface area contributed by atoms with E-state index in [4.69, 9.17) is 4.74 Å². The standard InChI is InChI=1S/C18H28N2O3/c1-12(2)15(20-17(22)23-18(4,5)6)16(21)19-11-14-9-7-8-13(3)10-14/h7-10,12,15H,11H2,1-6H3,(H,19,21)(H,20,22). The van der Waals surface area contributed by atoms with Crippen molar-refractivity contribution in [3.8, 4) is 0 Å². The summed E-state index contributed by atoms with van der Waals surface area (Å²) in [6, 6.07) is 7.31. The van der Waals surface area contributed by atoms with Crippen molar-refractivity contribution in [3.63, 3.8) is 0 Å². The molecule has 0 saturated heterocycles. The molecule has 128 valence electrons. The van der Waals surface area contributed by atoms with Crippen molar-refractivity contribution in [2.24, 2.45) is 5.92 Å². The number of hydrogen-bond donors (Lipinski definition) is 2. The summed E-state index contributed by atoms with van der Waals surface area (Å²) in [6.45, 7) is 11.6. The smallest absolute Gasteiger partial charge is 0.408 e. The lowest BCUT2D eigenvalue weighted by Crippen LogP contribution is -2.50. The molecule has 0 aromatic heterocycles. The van der Waals surface area contributed by atoms with E-state index in [-0.39, 0.29) is 11.8 Å². The summed E-state index contributed by atoms with van der Waals surface area (Å²) in [7, 11) is 0. The first kappa shape index (κ1) is 19.0. The van der Waals surface area contributed by atoms with E-state index in [1.54, 1.807) is 20.8 Å². The first-order valence-corrected chi connectivity index (χ1v) is 7.91. The molecule has 0 saturated carbocycles. The molecule has 2 amide bonds. The molecule has 0 bridgehead atoms. The minimum Gasteiger partial charge on any atom is -0.444 e. The van der Waals surface area contributed by atoms with Crippen molar-refractivity contribution in [1.29, 1.82) is 0 Å². The van der Waals surface area contributed by atoms with E-state index in [2.05, 4.69) is 10.6 Å². The van der Waals surface area contributed by atoms with E-state index in [0.29, 0.717) is 6.54 Å². The van der Waals surface area contributed by atoms with Crippen molar-refractivity contribution in [1.82, 2.24) is 10.6 Å². The predicted octanol–water partition coefficient (Wildman–Crippen LogP) is 3.16. The van der Waals surface area contributed by atoms with Gasteiger partial charge in [0.05, 0.1) is 0 Å². The Hall–Kier alpha value is -2.04. The summed E-state index contributed by atoms with van der Waals surface area (Å²) in [4.78, 5) is 24.2. The van der Waals surface area contributed by atoms with E-state index in [0.717, 1.165) is 11.1 Å². The number of alkyl carbamates (subject to hydrolysis) is 1. The first-order chi connectivity index (χ1) is 10.6. The molecule has 5 nitrogen and oxygen atoms in total. The molecule has 0 aliphatic rings. The Morgan fingerprint density at radius 3 is 2.39 bits per heavy atom. The van der Waals surface area contributed by atoms with Crippen molar-refractivity contribution in [2.75, 3.05) is 0 Å². The Kier molecular flexibility index (Phi) is 6.61. The highest BCUT2D eigenvalue weighted by Crippen LogP contribution is 2.09. The molecule has 23 heavy (non-hydrogen) atoms. The van der Waals surface area contributed by atoms with Crippen LogP contribution in [0.3, 0.4) is 0 Å². The predicted molar refractivity (Wildman–Crippen MR) is 91.0 cm³/mol. The topological polar surface area (TPSA) is 67.4 Å². The van der Waals surface area contributed by atoms with Crippen molar-refractivity contribution in [2.45, 2.75) is 59.7 Å². The molecule has 0 fully saturated rings. The van der Waals surface area contributed by atoms with Gasteiger partial charge in [-0.25, -0.2) is 4.79 Å². The summed E-state index contributed by atoms with van der Waals surface area (Å²) in [5, 5.41) is 5.51. The van der Waals surface area contributed by atoms with Crippen LogP contribution in [0.15, 0.2) is 24.3 Å². The number of carbonyl (C=O) groups is 2. The molecule has 1 rings (SSSR count). The van der Waals surface area contributed by atoms with Crippen LogP contribution >= 0.6 is 0 Å². The highest BCUT2D eigenvalue weighted by Gasteiger charge is 2.26. The van der Waals surface area contributed by atoms with Crippen LogP contribution in [0.5, 0.6) is 0 Å². The minimum atomic E-state index is -0.630. The SMILES string of the molecule is Cc1cccc(CNC(=O)C(NC(=O)OC(C)(C)C)C(C)C)c1. The number of hydrogen-bond acceptors (Lipinski definition) is 3. The quantitative estimate of drug-likeness (QED) is 0.875. The molecule has 1 unspecified atom stereocenters. The third kappa shape index (κ3) is 7.17. The molecule has 0 radical (unpaired) electrons. The Labute approximate surface area is 138 Å². The lowest BCUT2D eigenvalue weighted by Gasteiger charge is -2.25. The molecular weight excluding hydrogens is 292 g/mol. The first-order valence-electron chi connectivity index (χ1n) is 7.91. The van der Waals surface area contributed by atoms with Gasteiger partial charge in [0.2, 0.25) is 5.91 Å². The number of rotatable bonds is 5. The summed E-state index contributed by atoms with van der Waals surface area (Å²) < 4.78 is 5.22. The molecule has 0 aliphatic heterocycles. The average Bonchev–Trinajstić information content (AvgIpc) is 2.40. The largest absolute Gasteiger partial charge is 0.444 e. The molecule has 1 aromatic carbocycles. The fourth-order valence-electron chi connectivity index (χ4n) is 2.09. The Balaban J connectivity index is 2.62. The second-order valence-electron chi connectivity index (χ2n) is 7.07. The Bertz CT molecular complexity index is 547. The zero-order valence-corrected chi connectivity index (χ0v) is 14.9. The molecular formula is C18H28N2O3. The van der Waals surface area contributed by atoms with Crippen LogP contribution in [0.25, 0.3) is 0 Å². The zero-order valence-electron chi connectivity index (χ0n) is 14.9. The summed E-state index contributed by atoms with van der Waals surface area (Å²) in [6.07, 6.45) is -0.582. The highest BCUT2D eigenvalue weighted by molar-refractivity contribution is 5.85. The average molecular weight is 320 g/mol. The van der Waals surface area contributed by atoms with Gasteiger partial charge in [-0.15, -0.1) is 0 Å². The summed E-state index contributed by atoms with van der Waals surface area (Å²) in [5.74, 6) is -0.257. The lowest BCUT2D eigenvalue weighted by molar-refractivity contribution is -0.124. The number of ether oxygens (including phenoxy) is 1. The van der Waals surface area contributed by atoms with Crippen LogP contribution in [0.1, 0.15) is 45.7 Å². The second kappa shape index (κ2) is 7.99. The minimum absolute atomic E-state index is 0.0416. The van der Waals surface area contributed by atoms with Crippen LogP contribution in [-0.2, 0) is 16.1 Å². The Morgan fingerprint density at radius 2 is 1.87 bits per heavy atom. The van der Waals surface area contributed by atoms with Gasteiger partial charge in [0, 0.05) is 6.54 Å². The number of carbonyl (C=O) groups excluding carboxylic acids is 2. The maximum absolute atomic E-state index is 12.4. The third-order valence-corrected chi connectivity index (χ3v) is 3.17. The summed E-state index contributed by atoms with van der Waals surface area (Å²) in [5.41, 5.74) is 1.58. The van der Waals surface area contributed by atoms with E-state index >= 15 is 0 Å². The van der Waals surface area contributed by atoms with Crippen LogP contribution in [0, 0.1) is 12.8 Å². The number of nitrogens with one attached hydrogen (secondary N) is 2. The van der Waals surface area contributed by atoms with Gasteiger partial charge in [-0.05, 0) is 39.2 Å². The van der Waals surface area contributed by atoms with Crippen LogP contribution in [0.4, 0.5) is 4.79 Å². The molecule has 5 heteroatoms. The molecule has 1 atom stereocenters. The van der Waals surface area contributed by atoms with Gasteiger partial charge in [-0.3, -0.25) is 4.79 Å². The molecule has 0 aliphatic carbocycles. The maximum Gasteiger partial charge on any atom is 0.408 e. The van der Waals surface area contributed by atoms with Gasteiger partial charge < -0.3 is 15.4 Å². The van der Waals surface area contributed by atoms with Gasteiger partial charge in [-0.2, -0.15) is 0 Å². The molecule has 0 spiro atoms. The Morgan fingerprint density at radius 1 is 1.22 bits per heavy atom. The van der Waals surface area contributed by atoms with E-state index in [1.165, 1.54) is 0 Å². The normalized spacial score (nSPS) is 12.7. The van der Waals surface area contributed by atoms with Gasteiger partial charge >= 0.3 is 6.09 Å². The van der Waals surface area contributed by atoms with Crippen molar-refractivity contribution >= 4 is 12.0 Å². The molecule has 1 aromatic rings. The second-order valence-corrected chi connectivity index (χ2v) is 7.07. The van der Waals surface area contributed by atoms with E-state index < -0.39 is 17.7 Å². The zero-order chi connectivity index (χ0) is 17.6. The van der Waals surface area contributed by atoms with Crippen LogP contribution in [0.2, 0.25) is 0 Å². The molecule has 2 N–H and O–H groups in total. The highest BCUT2D eigenvalue weighted by atomic mass is 16.6. The molecule has 0 heterocycles. The van der Waals surface area contributed by atoms with Crippen LogP contribution < -0.4 is 10.6 Å². The van der Waals surface area contributed by atoms with Crippen molar-refractivity contribution in [3.05, 3.63) is 35.4 Å². The van der Waals surface area contributed by atoms with E-state index in [9.17, 15) is 9.59 Å². The number of amides is 2. The summed E-state index contributed by atoms with van der Waals surface area (Å²) >= 11 is 0. The van der Waals surface area contributed by atoms with E-state index in [1.807, 2.05) is 45.0 Å². The fourth-order valence-corrected chi connectivity index (χ4v) is 2.09. The van der Waals surface area contributed by atoms with Gasteiger partial charge in [-0.1, -0.05) is 43.7 Å². The maximum atomic E-state index is 12.4. The lowest BCUT2D eigenvalue weighted by atomic mass is 10.0. The monoisotopic (exact) mass is 320 g/mol. The van der Waals surface area contributed by atoms with Crippen LogP contribution in [-0.4, -0.2) is 23.6 Å². The van der Waals surface area contributed by atoms with Gasteiger partial charge in [0.1, 0.15) is 11.6 Å². The fraction of sp³-hybridized carbons (Fsp3) is 0.556. The van der Waals surface area contributed by atoms with Crippen molar-refractivity contribution < 1.29 is 14.3 Å². The third-order valence-electron chi connectivity index (χ3n) is 3.17. The van der Waals surface area contributed by atoms with Gasteiger partial charge in [0.15, 0.2) is 0 Å². The number of benzene rings is 1.